The van der Waals surface area contributed by atoms with Gasteiger partial charge in [-0.3, -0.25) is 9.59 Å². The lowest BCUT2D eigenvalue weighted by Gasteiger charge is -2.35. The maximum atomic E-state index is 13.8. The molecule has 2 fully saturated rings. The highest BCUT2D eigenvalue weighted by atomic mass is 79.9. The van der Waals surface area contributed by atoms with E-state index in [0.29, 0.717) is 37.3 Å². The van der Waals surface area contributed by atoms with Crippen LogP contribution in [0.3, 0.4) is 0 Å². The zero-order valence-corrected chi connectivity index (χ0v) is 14.2. The number of nitrogens with zero attached hydrogens (tertiary/aromatic N) is 2. The molecule has 124 valence electrons. The van der Waals surface area contributed by atoms with Crippen LogP contribution in [0.1, 0.15) is 23.2 Å². The third-order valence-corrected chi connectivity index (χ3v) is 4.74. The Balaban J connectivity index is 1.61. The summed E-state index contributed by atoms with van der Waals surface area (Å²) in [7, 11) is 0. The van der Waals surface area contributed by atoms with Crippen molar-refractivity contribution < 1.29 is 18.7 Å². The summed E-state index contributed by atoms with van der Waals surface area (Å²) in [5, 5.41) is 0. The maximum absolute atomic E-state index is 13.8. The van der Waals surface area contributed by atoms with E-state index in [-0.39, 0.29) is 23.5 Å². The Labute approximate surface area is 142 Å². The second-order valence-electron chi connectivity index (χ2n) is 5.74. The highest BCUT2D eigenvalue weighted by molar-refractivity contribution is 9.10. The Kier molecular flexibility index (Phi) is 4.96. The van der Waals surface area contributed by atoms with Crippen molar-refractivity contribution in [3.05, 3.63) is 34.1 Å². The number of hydrogen-bond donors (Lipinski definition) is 0. The average molecular weight is 385 g/mol. The Bertz CT molecular complexity index is 611. The molecule has 2 aliphatic heterocycles. The van der Waals surface area contributed by atoms with Gasteiger partial charge in [0.15, 0.2) is 0 Å². The van der Waals surface area contributed by atoms with Gasteiger partial charge in [0.05, 0.1) is 5.56 Å². The smallest absolute Gasteiger partial charge is 0.256 e. The first-order chi connectivity index (χ1) is 11.1. The van der Waals surface area contributed by atoms with Crippen LogP contribution in [-0.2, 0) is 9.53 Å². The van der Waals surface area contributed by atoms with Crippen molar-refractivity contribution >= 4 is 27.7 Å². The molecule has 2 aliphatic rings. The van der Waals surface area contributed by atoms with Gasteiger partial charge in [-0.1, -0.05) is 15.9 Å². The van der Waals surface area contributed by atoms with Crippen LogP contribution >= 0.6 is 15.9 Å². The van der Waals surface area contributed by atoms with Gasteiger partial charge in [-0.15, -0.1) is 0 Å². The van der Waals surface area contributed by atoms with Gasteiger partial charge < -0.3 is 14.5 Å². The second kappa shape index (κ2) is 6.97. The summed E-state index contributed by atoms with van der Waals surface area (Å²) in [6, 6.07) is 4.32. The largest absolute Gasteiger partial charge is 0.368 e. The molecule has 0 spiro atoms. The van der Waals surface area contributed by atoms with Gasteiger partial charge in [0.25, 0.3) is 11.8 Å². The summed E-state index contributed by atoms with van der Waals surface area (Å²) in [5.41, 5.74) is 0.0540. The molecule has 2 saturated heterocycles. The van der Waals surface area contributed by atoms with E-state index >= 15 is 0 Å². The van der Waals surface area contributed by atoms with E-state index in [1.807, 2.05) is 0 Å². The SMILES string of the molecule is O=C(c1cc(Br)ccc1F)N1CCN(C(=O)C2CCCO2)CC1. The van der Waals surface area contributed by atoms with Crippen LogP contribution in [0.4, 0.5) is 4.39 Å². The Hall–Kier alpha value is -1.47. The summed E-state index contributed by atoms with van der Waals surface area (Å²) in [6.45, 7) is 2.36. The molecule has 2 heterocycles. The van der Waals surface area contributed by atoms with Crippen molar-refractivity contribution in [2.45, 2.75) is 18.9 Å². The normalized spacial score (nSPS) is 21.6. The predicted molar refractivity (Wildman–Crippen MR) is 85.6 cm³/mol. The molecule has 0 saturated carbocycles. The van der Waals surface area contributed by atoms with Crippen LogP contribution in [0, 0.1) is 5.82 Å². The van der Waals surface area contributed by atoms with Crippen molar-refractivity contribution in [3.8, 4) is 0 Å². The van der Waals surface area contributed by atoms with E-state index in [1.54, 1.807) is 15.9 Å². The molecule has 5 nitrogen and oxygen atoms in total. The molecule has 2 amide bonds. The van der Waals surface area contributed by atoms with Crippen LogP contribution in [0.5, 0.6) is 0 Å². The summed E-state index contributed by atoms with van der Waals surface area (Å²) in [5.74, 6) is -0.868. The molecule has 7 heteroatoms. The van der Waals surface area contributed by atoms with Gasteiger partial charge >= 0.3 is 0 Å². The number of amides is 2. The highest BCUT2D eigenvalue weighted by Crippen LogP contribution is 2.19. The van der Waals surface area contributed by atoms with Crippen LogP contribution in [0.2, 0.25) is 0 Å². The Morgan fingerprint density at radius 3 is 2.52 bits per heavy atom. The highest BCUT2D eigenvalue weighted by Gasteiger charge is 2.31. The molecular weight excluding hydrogens is 367 g/mol. The number of carbonyl (C=O) groups excluding carboxylic acids is 2. The minimum absolute atomic E-state index is 0.00300. The summed E-state index contributed by atoms with van der Waals surface area (Å²) in [4.78, 5) is 28.0. The molecule has 0 radical (unpaired) electrons. The number of carbonyl (C=O) groups is 2. The third kappa shape index (κ3) is 3.55. The number of piperazine rings is 1. The molecule has 0 aromatic heterocycles. The summed E-state index contributed by atoms with van der Waals surface area (Å²) < 4.78 is 19.9. The Morgan fingerprint density at radius 1 is 1.17 bits per heavy atom. The fourth-order valence-corrected chi connectivity index (χ4v) is 3.30. The minimum atomic E-state index is -0.531. The molecule has 1 atom stereocenters. The van der Waals surface area contributed by atoms with Crippen molar-refractivity contribution in [1.29, 1.82) is 0 Å². The molecule has 3 rings (SSSR count). The first-order valence-corrected chi connectivity index (χ1v) is 8.50. The van der Waals surface area contributed by atoms with Gasteiger partial charge in [-0.2, -0.15) is 0 Å². The van der Waals surface area contributed by atoms with Gasteiger partial charge in [0, 0.05) is 37.3 Å². The number of hydrogen-bond acceptors (Lipinski definition) is 3. The van der Waals surface area contributed by atoms with E-state index in [9.17, 15) is 14.0 Å². The third-order valence-electron chi connectivity index (χ3n) is 4.24. The van der Waals surface area contributed by atoms with Gasteiger partial charge in [-0.25, -0.2) is 4.39 Å². The summed E-state index contributed by atoms with van der Waals surface area (Å²) in [6.07, 6.45) is 1.35. The quantitative estimate of drug-likeness (QED) is 0.783. The van der Waals surface area contributed by atoms with Crippen molar-refractivity contribution in [2.24, 2.45) is 0 Å². The number of ether oxygens (including phenoxy) is 1. The monoisotopic (exact) mass is 384 g/mol. The number of halogens is 2. The van der Waals surface area contributed by atoms with Crippen molar-refractivity contribution in [1.82, 2.24) is 9.80 Å². The molecule has 1 unspecified atom stereocenters. The molecule has 0 bridgehead atoms. The molecule has 23 heavy (non-hydrogen) atoms. The summed E-state index contributed by atoms with van der Waals surface area (Å²) >= 11 is 3.25. The lowest BCUT2D eigenvalue weighted by Crippen LogP contribution is -2.52. The molecule has 0 aliphatic carbocycles. The van der Waals surface area contributed by atoms with Gasteiger partial charge in [0.2, 0.25) is 0 Å². The van der Waals surface area contributed by atoms with Crippen LogP contribution in [-0.4, -0.2) is 60.5 Å². The fraction of sp³-hybridized carbons (Fsp3) is 0.500. The van der Waals surface area contributed by atoms with Crippen LogP contribution in [0.25, 0.3) is 0 Å². The van der Waals surface area contributed by atoms with Gasteiger partial charge in [0.1, 0.15) is 11.9 Å². The average Bonchev–Trinajstić information content (AvgIpc) is 3.10. The van der Waals surface area contributed by atoms with E-state index in [4.69, 9.17) is 4.74 Å². The van der Waals surface area contributed by atoms with E-state index < -0.39 is 5.82 Å². The Morgan fingerprint density at radius 2 is 1.87 bits per heavy atom. The first-order valence-electron chi connectivity index (χ1n) is 7.71. The minimum Gasteiger partial charge on any atom is -0.368 e. The maximum Gasteiger partial charge on any atom is 0.256 e. The van der Waals surface area contributed by atoms with Crippen LogP contribution < -0.4 is 0 Å². The van der Waals surface area contributed by atoms with E-state index in [2.05, 4.69) is 15.9 Å². The molecule has 1 aromatic carbocycles. The fourth-order valence-electron chi connectivity index (χ4n) is 2.94. The first kappa shape index (κ1) is 16.4. The number of rotatable bonds is 2. The van der Waals surface area contributed by atoms with E-state index in [0.717, 1.165) is 12.8 Å². The van der Waals surface area contributed by atoms with Gasteiger partial charge in [-0.05, 0) is 31.0 Å². The predicted octanol–water partition coefficient (Wildman–Crippen LogP) is 2.05. The van der Waals surface area contributed by atoms with E-state index in [1.165, 1.54) is 12.1 Å². The molecule has 1 aromatic rings. The second-order valence-corrected chi connectivity index (χ2v) is 6.66. The zero-order chi connectivity index (χ0) is 16.4. The standard InChI is InChI=1S/C16H18BrFN2O3/c17-11-3-4-13(18)12(10-11)15(21)19-5-7-20(8-6-19)16(22)14-2-1-9-23-14/h3-4,10,14H,1-2,5-9H2. The number of benzene rings is 1. The van der Waals surface area contributed by atoms with Crippen LogP contribution in [0.15, 0.2) is 22.7 Å². The lowest BCUT2D eigenvalue weighted by molar-refractivity contribution is -0.142. The lowest BCUT2D eigenvalue weighted by atomic mass is 10.1. The molecular formula is C16H18BrFN2O3. The topological polar surface area (TPSA) is 49.9 Å². The van der Waals surface area contributed by atoms with Crippen molar-refractivity contribution in [2.75, 3.05) is 32.8 Å². The molecule has 0 N–H and O–H groups in total. The van der Waals surface area contributed by atoms with Crippen molar-refractivity contribution in [3.63, 3.8) is 0 Å². The zero-order valence-electron chi connectivity index (χ0n) is 12.6.